The molecule has 1 heterocycles. The summed E-state index contributed by atoms with van der Waals surface area (Å²) in [5.74, 6) is 1.27. The van der Waals surface area contributed by atoms with Gasteiger partial charge < -0.3 is 10.4 Å². The van der Waals surface area contributed by atoms with Crippen molar-refractivity contribution in [1.29, 1.82) is 0 Å². The number of rotatable bonds is 6. The topological polar surface area (TPSA) is 45.1 Å². The van der Waals surface area contributed by atoms with Crippen LogP contribution in [0, 0.1) is 5.92 Å². The van der Waals surface area contributed by atoms with E-state index in [0.717, 1.165) is 29.7 Å². The molecule has 3 nitrogen and oxygen atoms in total. The molecular weight excluding hydrogens is 256 g/mol. The number of hydrogen-bond acceptors (Lipinski definition) is 3. The van der Waals surface area contributed by atoms with Crippen molar-refractivity contribution in [3.05, 3.63) is 22.8 Å². The Balaban J connectivity index is 2.23. The largest absolute Gasteiger partial charge is 0.396 e. The van der Waals surface area contributed by atoms with Gasteiger partial charge in [0.15, 0.2) is 0 Å². The van der Waals surface area contributed by atoms with Crippen molar-refractivity contribution in [3.8, 4) is 0 Å². The Hall–Kier alpha value is -0.610. The van der Waals surface area contributed by atoms with E-state index in [1.54, 1.807) is 6.20 Å². The molecule has 0 amide bonds. The highest BCUT2D eigenvalue weighted by Gasteiger charge is 2.01. The minimum Gasteiger partial charge on any atom is -0.396 e. The van der Waals surface area contributed by atoms with Gasteiger partial charge in [-0.3, -0.25) is 0 Å². The molecule has 0 aliphatic heterocycles. The average Bonchev–Trinajstić information content (AvgIpc) is 2.26. The minimum absolute atomic E-state index is 0.271. The van der Waals surface area contributed by atoms with Crippen molar-refractivity contribution in [2.24, 2.45) is 5.92 Å². The Bertz CT molecular complexity index is 294. The number of halogens is 1. The zero-order valence-electron chi connectivity index (χ0n) is 8.91. The van der Waals surface area contributed by atoms with Crippen LogP contribution in [0.15, 0.2) is 22.8 Å². The Labute approximate surface area is 99.1 Å². The smallest absolute Gasteiger partial charge is 0.140 e. The predicted molar refractivity (Wildman–Crippen MR) is 65.9 cm³/mol. The SMILES string of the molecule is CC(CO)CCCNc1ncccc1Br. The fraction of sp³-hybridized carbons (Fsp3) is 0.545. The molecule has 1 rings (SSSR count). The molecule has 0 saturated heterocycles. The van der Waals surface area contributed by atoms with Crippen molar-refractivity contribution in [2.75, 3.05) is 18.5 Å². The van der Waals surface area contributed by atoms with E-state index in [1.165, 1.54) is 0 Å². The molecule has 2 N–H and O–H groups in total. The first-order valence-corrected chi connectivity index (χ1v) is 5.98. The molecule has 1 aromatic rings. The summed E-state index contributed by atoms with van der Waals surface area (Å²) in [5.41, 5.74) is 0. The standard InChI is InChI=1S/C11H17BrN2O/c1-9(8-15)4-2-6-13-11-10(12)5-3-7-14-11/h3,5,7,9,15H,2,4,6,8H2,1H3,(H,13,14). The molecule has 4 heteroatoms. The van der Waals surface area contributed by atoms with Gasteiger partial charge in [0.05, 0.1) is 4.47 Å². The molecule has 0 radical (unpaired) electrons. The highest BCUT2D eigenvalue weighted by molar-refractivity contribution is 9.10. The Kier molecular flexibility index (Phi) is 5.65. The van der Waals surface area contributed by atoms with E-state index in [1.807, 2.05) is 12.1 Å². The Morgan fingerprint density at radius 2 is 2.40 bits per heavy atom. The summed E-state index contributed by atoms with van der Waals surface area (Å²) in [4.78, 5) is 4.21. The Morgan fingerprint density at radius 3 is 3.07 bits per heavy atom. The second-order valence-corrected chi connectivity index (χ2v) is 4.54. The number of nitrogens with one attached hydrogen (secondary N) is 1. The number of anilines is 1. The molecule has 0 aromatic carbocycles. The number of aliphatic hydroxyl groups is 1. The van der Waals surface area contributed by atoms with Gasteiger partial charge in [0.1, 0.15) is 5.82 Å². The summed E-state index contributed by atoms with van der Waals surface area (Å²) in [6.07, 6.45) is 3.85. The van der Waals surface area contributed by atoms with Gasteiger partial charge in [0, 0.05) is 19.3 Å². The first kappa shape index (κ1) is 12.5. The van der Waals surface area contributed by atoms with Crippen LogP contribution in [-0.4, -0.2) is 23.2 Å². The van der Waals surface area contributed by atoms with Crippen LogP contribution in [0.5, 0.6) is 0 Å². The van der Waals surface area contributed by atoms with Gasteiger partial charge >= 0.3 is 0 Å². The highest BCUT2D eigenvalue weighted by atomic mass is 79.9. The molecule has 0 bridgehead atoms. The summed E-state index contributed by atoms with van der Waals surface area (Å²) in [6.45, 7) is 3.21. The zero-order valence-corrected chi connectivity index (χ0v) is 10.5. The first-order valence-electron chi connectivity index (χ1n) is 5.19. The van der Waals surface area contributed by atoms with Crippen LogP contribution in [0.4, 0.5) is 5.82 Å². The molecule has 1 unspecified atom stereocenters. The monoisotopic (exact) mass is 272 g/mol. The molecule has 15 heavy (non-hydrogen) atoms. The molecule has 84 valence electrons. The van der Waals surface area contributed by atoms with E-state index in [0.29, 0.717) is 5.92 Å². The highest BCUT2D eigenvalue weighted by Crippen LogP contribution is 2.18. The zero-order chi connectivity index (χ0) is 11.1. The van der Waals surface area contributed by atoms with Gasteiger partial charge in [-0.1, -0.05) is 6.92 Å². The van der Waals surface area contributed by atoms with E-state index in [9.17, 15) is 0 Å². The minimum atomic E-state index is 0.271. The lowest BCUT2D eigenvalue weighted by molar-refractivity contribution is 0.229. The van der Waals surface area contributed by atoms with Crippen molar-refractivity contribution in [2.45, 2.75) is 19.8 Å². The molecule has 1 aromatic heterocycles. The van der Waals surface area contributed by atoms with Gasteiger partial charge in [0.25, 0.3) is 0 Å². The van der Waals surface area contributed by atoms with Crippen LogP contribution in [0.3, 0.4) is 0 Å². The van der Waals surface area contributed by atoms with Crippen LogP contribution < -0.4 is 5.32 Å². The molecular formula is C11H17BrN2O. The van der Waals surface area contributed by atoms with Crippen molar-refractivity contribution in [3.63, 3.8) is 0 Å². The fourth-order valence-corrected chi connectivity index (χ4v) is 1.66. The lowest BCUT2D eigenvalue weighted by atomic mass is 10.1. The second-order valence-electron chi connectivity index (χ2n) is 3.69. The lowest BCUT2D eigenvalue weighted by Crippen LogP contribution is -2.07. The maximum absolute atomic E-state index is 8.85. The average molecular weight is 273 g/mol. The van der Waals surface area contributed by atoms with Crippen LogP contribution in [-0.2, 0) is 0 Å². The summed E-state index contributed by atoms with van der Waals surface area (Å²) >= 11 is 3.43. The third-order valence-electron chi connectivity index (χ3n) is 2.24. The van der Waals surface area contributed by atoms with Gasteiger partial charge in [0.2, 0.25) is 0 Å². The third kappa shape index (κ3) is 4.62. The predicted octanol–water partition coefficient (Wildman–Crippen LogP) is 2.66. The summed E-state index contributed by atoms with van der Waals surface area (Å²) in [6, 6.07) is 3.86. The maximum Gasteiger partial charge on any atom is 0.140 e. The van der Waals surface area contributed by atoms with Gasteiger partial charge in [-0.05, 0) is 46.8 Å². The molecule has 1 atom stereocenters. The van der Waals surface area contributed by atoms with Crippen molar-refractivity contribution >= 4 is 21.7 Å². The summed E-state index contributed by atoms with van der Waals surface area (Å²) in [7, 11) is 0. The van der Waals surface area contributed by atoms with Crippen molar-refractivity contribution in [1.82, 2.24) is 4.98 Å². The molecule has 0 aliphatic carbocycles. The second kappa shape index (κ2) is 6.80. The molecule has 0 fully saturated rings. The van der Waals surface area contributed by atoms with Gasteiger partial charge in [-0.15, -0.1) is 0 Å². The van der Waals surface area contributed by atoms with E-state index >= 15 is 0 Å². The van der Waals surface area contributed by atoms with E-state index in [2.05, 4.69) is 33.2 Å². The first-order chi connectivity index (χ1) is 7.24. The maximum atomic E-state index is 8.85. The van der Waals surface area contributed by atoms with E-state index in [-0.39, 0.29) is 6.61 Å². The van der Waals surface area contributed by atoms with E-state index < -0.39 is 0 Å². The molecule has 0 saturated carbocycles. The van der Waals surface area contributed by atoms with Crippen LogP contribution >= 0.6 is 15.9 Å². The van der Waals surface area contributed by atoms with Crippen LogP contribution in [0.1, 0.15) is 19.8 Å². The third-order valence-corrected chi connectivity index (χ3v) is 2.88. The summed E-state index contributed by atoms with van der Waals surface area (Å²) in [5, 5.41) is 12.1. The normalized spacial score (nSPS) is 12.5. The fourth-order valence-electron chi connectivity index (χ4n) is 1.26. The molecule has 0 aliphatic rings. The van der Waals surface area contributed by atoms with Crippen LogP contribution in [0.25, 0.3) is 0 Å². The quantitative estimate of drug-likeness (QED) is 0.783. The summed E-state index contributed by atoms with van der Waals surface area (Å²) < 4.78 is 0.986. The lowest BCUT2D eigenvalue weighted by Gasteiger charge is -2.09. The molecule has 0 spiro atoms. The Morgan fingerprint density at radius 1 is 1.60 bits per heavy atom. The number of aromatic nitrogens is 1. The number of pyridine rings is 1. The van der Waals surface area contributed by atoms with Crippen molar-refractivity contribution < 1.29 is 5.11 Å². The van der Waals surface area contributed by atoms with Crippen LogP contribution in [0.2, 0.25) is 0 Å². The van der Waals surface area contributed by atoms with E-state index in [4.69, 9.17) is 5.11 Å². The van der Waals surface area contributed by atoms with Gasteiger partial charge in [-0.25, -0.2) is 4.98 Å². The number of hydrogen-bond donors (Lipinski definition) is 2. The number of aliphatic hydroxyl groups excluding tert-OH is 1. The van der Waals surface area contributed by atoms with Gasteiger partial charge in [-0.2, -0.15) is 0 Å². The number of nitrogens with zero attached hydrogens (tertiary/aromatic N) is 1.